The Morgan fingerprint density at radius 1 is 0.933 bits per heavy atom. The van der Waals surface area contributed by atoms with Crippen LogP contribution >= 0.6 is 0 Å². The Bertz CT molecular complexity index is 939. The third kappa shape index (κ3) is 6.98. The first-order valence-electron chi connectivity index (χ1n) is 9.58. The van der Waals surface area contributed by atoms with Gasteiger partial charge < -0.3 is 19.5 Å². The molecule has 0 radical (unpaired) electrons. The van der Waals surface area contributed by atoms with Crippen molar-refractivity contribution in [1.29, 1.82) is 0 Å². The number of nitrogens with zero attached hydrogens (tertiary/aromatic N) is 1. The number of amides is 1. The Labute approximate surface area is 176 Å². The first kappa shape index (κ1) is 20.9. The predicted molar refractivity (Wildman–Crippen MR) is 116 cm³/mol. The number of methoxy groups -OCH3 is 1. The van der Waals surface area contributed by atoms with Crippen molar-refractivity contribution in [2.24, 2.45) is 0 Å². The number of carbonyl (C=O) groups excluding carboxylic acids is 1. The monoisotopic (exact) mass is 404 g/mol. The number of nitrogens with one attached hydrogen (secondary N) is 1. The van der Waals surface area contributed by atoms with Crippen LogP contribution in [0.1, 0.15) is 11.3 Å². The van der Waals surface area contributed by atoms with Gasteiger partial charge in [-0.05, 0) is 60.2 Å². The predicted octanol–water partition coefficient (Wildman–Crippen LogP) is 3.88. The molecular weight excluding hydrogens is 380 g/mol. The van der Waals surface area contributed by atoms with Gasteiger partial charge >= 0.3 is 0 Å². The van der Waals surface area contributed by atoms with Crippen molar-refractivity contribution in [3.63, 3.8) is 0 Å². The summed E-state index contributed by atoms with van der Waals surface area (Å²) in [5, 5.41) is 2.79. The summed E-state index contributed by atoms with van der Waals surface area (Å²) in [6, 6.07) is 20.5. The molecule has 0 bridgehead atoms. The van der Waals surface area contributed by atoms with Gasteiger partial charge in [-0.3, -0.25) is 9.78 Å². The van der Waals surface area contributed by atoms with E-state index in [4.69, 9.17) is 14.2 Å². The van der Waals surface area contributed by atoms with Gasteiger partial charge in [0, 0.05) is 12.3 Å². The molecule has 1 aromatic heterocycles. The summed E-state index contributed by atoms with van der Waals surface area (Å²) in [6.07, 6.45) is 4.99. The lowest BCUT2D eigenvalue weighted by atomic mass is 10.2. The molecule has 0 spiro atoms. The van der Waals surface area contributed by atoms with Crippen LogP contribution in [0.5, 0.6) is 17.2 Å². The highest BCUT2D eigenvalue weighted by atomic mass is 16.5. The van der Waals surface area contributed by atoms with Crippen LogP contribution < -0.4 is 19.5 Å². The van der Waals surface area contributed by atoms with E-state index in [0.29, 0.717) is 19.8 Å². The van der Waals surface area contributed by atoms with Crippen LogP contribution in [0.25, 0.3) is 6.08 Å². The zero-order chi connectivity index (χ0) is 21.0. The summed E-state index contributed by atoms with van der Waals surface area (Å²) < 4.78 is 16.4. The lowest BCUT2D eigenvalue weighted by Crippen LogP contribution is -2.26. The van der Waals surface area contributed by atoms with Gasteiger partial charge in [-0.15, -0.1) is 0 Å². The zero-order valence-corrected chi connectivity index (χ0v) is 16.8. The lowest BCUT2D eigenvalue weighted by Gasteiger charge is -2.07. The van der Waals surface area contributed by atoms with Crippen molar-refractivity contribution in [3.05, 3.63) is 90.3 Å². The average molecular weight is 404 g/mol. The van der Waals surface area contributed by atoms with Crippen LogP contribution in [0.4, 0.5) is 0 Å². The molecule has 154 valence electrons. The maximum atomic E-state index is 11.9. The molecule has 2 aromatic carbocycles. The van der Waals surface area contributed by atoms with Crippen LogP contribution in [-0.4, -0.2) is 31.2 Å². The number of hydrogen-bond acceptors (Lipinski definition) is 5. The molecular formula is C24H24N2O4. The normalized spacial score (nSPS) is 10.6. The van der Waals surface area contributed by atoms with Crippen LogP contribution in [-0.2, 0) is 11.4 Å². The first-order valence-corrected chi connectivity index (χ1v) is 9.58. The SMILES string of the molecule is COc1ccc(OCCNC(=O)/C=C/c2ccc(OCc3ccccn3)cc2)cc1. The molecule has 0 aliphatic carbocycles. The van der Waals surface area contributed by atoms with Crippen molar-refractivity contribution in [1.82, 2.24) is 10.3 Å². The molecule has 0 aliphatic rings. The summed E-state index contributed by atoms with van der Waals surface area (Å²) in [5.74, 6) is 2.07. The number of pyridine rings is 1. The zero-order valence-electron chi connectivity index (χ0n) is 16.8. The van der Waals surface area contributed by atoms with Crippen molar-refractivity contribution >= 4 is 12.0 Å². The minimum absolute atomic E-state index is 0.177. The number of hydrogen-bond donors (Lipinski definition) is 1. The van der Waals surface area contributed by atoms with Crippen molar-refractivity contribution in [3.8, 4) is 17.2 Å². The summed E-state index contributed by atoms with van der Waals surface area (Å²) in [7, 11) is 1.62. The van der Waals surface area contributed by atoms with E-state index in [9.17, 15) is 4.79 Å². The second-order valence-electron chi connectivity index (χ2n) is 6.33. The van der Waals surface area contributed by atoms with Gasteiger partial charge in [0.15, 0.2) is 0 Å². The molecule has 0 saturated carbocycles. The van der Waals surface area contributed by atoms with Crippen LogP contribution in [0.15, 0.2) is 79.0 Å². The minimum Gasteiger partial charge on any atom is -0.497 e. The number of carbonyl (C=O) groups is 1. The second-order valence-corrected chi connectivity index (χ2v) is 6.33. The molecule has 0 saturated heterocycles. The molecule has 1 heterocycles. The molecule has 6 heteroatoms. The largest absolute Gasteiger partial charge is 0.497 e. The van der Waals surface area contributed by atoms with Gasteiger partial charge in [-0.2, -0.15) is 0 Å². The van der Waals surface area contributed by atoms with E-state index in [1.54, 1.807) is 19.4 Å². The fourth-order valence-corrected chi connectivity index (χ4v) is 2.56. The van der Waals surface area contributed by atoms with Gasteiger partial charge in [-0.25, -0.2) is 0 Å². The summed E-state index contributed by atoms with van der Waals surface area (Å²) in [5.41, 5.74) is 1.78. The third-order valence-electron chi connectivity index (χ3n) is 4.15. The molecule has 0 fully saturated rings. The Kier molecular flexibility index (Phi) is 7.85. The number of aromatic nitrogens is 1. The van der Waals surface area contributed by atoms with E-state index >= 15 is 0 Å². The quantitative estimate of drug-likeness (QED) is 0.410. The molecule has 0 aliphatic heterocycles. The second kappa shape index (κ2) is 11.3. The van der Waals surface area contributed by atoms with E-state index in [0.717, 1.165) is 28.5 Å². The van der Waals surface area contributed by atoms with Gasteiger partial charge in [0.1, 0.15) is 30.5 Å². The summed E-state index contributed by atoms with van der Waals surface area (Å²) >= 11 is 0. The molecule has 1 amide bonds. The molecule has 1 N–H and O–H groups in total. The standard InChI is InChI=1S/C24H24N2O4/c1-28-21-10-12-22(13-11-21)29-17-16-26-24(27)14-7-19-5-8-23(9-6-19)30-18-20-4-2-3-15-25-20/h2-15H,16-18H2,1H3,(H,26,27)/b14-7+. The summed E-state index contributed by atoms with van der Waals surface area (Å²) in [6.45, 7) is 1.21. The first-order chi connectivity index (χ1) is 14.7. The molecule has 3 aromatic rings. The van der Waals surface area contributed by atoms with Crippen LogP contribution in [0, 0.1) is 0 Å². The number of benzene rings is 2. The third-order valence-corrected chi connectivity index (χ3v) is 4.15. The molecule has 0 unspecified atom stereocenters. The average Bonchev–Trinajstić information content (AvgIpc) is 2.81. The van der Waals surface area contributed by atoms with Crippen molar-refractivity contribution < 1.29 is 19.0 Å². The maximum absolute atomic E-state index is 11.9. The molecule has 6 nitrogen and oxygen atoms in total. The van der Waals surface area contributed by atoms with Crippen LogP contribution in [0.3, 0.4) is 0 Å². The number of ether oxygens (including phenoxy) is 3. The number of rotatable bonds is 10. The fourth-order valence-electron chi connectivity index (χ4n) is 2.56. The lowest BCUT2D eigenvalue weighted by molar-refractivity contribution is -0.116. The van der Waals surface area contributed by atoms with E-state index in [2.05, 4.69) is 10.3 Å². The molecule has 30 heavy (non-hydrogen) atoms. The smallest absolute Gasteiger partial charge is 0.244 e. The highest BCUT2D eigenvalue weighted by molar-refractivity contribution is 5.91. The Morgan fingerprint density at radius 3 is 2.33 bits per heavy atom. The van der Waals surface area contributed by atoms with E-state index in [1.807, 2.05) is 66.7 Å². The van der Waals surface area contributed by atoms with Crippen molar-refractivity contribution in [2.75, 3.05) is 20.3 Å². The van der Waals surface area contributed by atoms with Crippen LogP contribution in [0.2, 0.25) is 0 Å². The molecule has 0 atom stereocenters. The van der Waals surface area contributed by atoms with Gasteiger partial charge in [0.2, 0.25) is 5.91 Å². The highest BCUT2D eigenvalue weighted by Crippen LogP contribution is 2.17. The molecule has 3 rings (SSSR count). The van der Waals surface area contributed by atoms with Crippen molar-refractivity contribution in [2.45, 2.75) is 6.61 Å². The van der Waals surface area contributed by atoms with Gasteiger partial charge in [-0.1, -0.05) is 18.2 Å². The fraction of sp³-hybridized carbons (Fsp3) is 0.167. The van der Waals surface area contributed by atoms with Gasteiger partial charge in [0.05, 0.1) is 19.3 Å². The topological polar surface area (TPSA) is 69.7 Å². The Balaban J connectivity index is 1.36. The Hall–Kier alpha value is -3.80. The Morgan fingerprint density at radius 2 is 1.63 bits per heavy atom. The summed E-state index contributed by atoms with van der Waals surface area (Å²) in [4.78, 5) is 16.2. The minimum atomic E-state index is -0.177. The maximum Gasteiger partial charge on any atom is 0.244 e. The van der Waals surface area contributed by atoms with E-state index in [1.165, 1.54) is 6.08 Å². The van der Waals surface area contributed by atoms with Gasteiger partial charge in [0.25, 0.3) is 0 Å². The van der Waals surface area contributed by atoms with E-state index < -0.39 is 0 Å². The highest BCUT2D eigenvalue weighted by Gasteiger charge is 1.99. The van der Waals surface area contributed by atoms with E-state index in [-0.39, 0.29) is 5.91 Å².